The van der Waals surface area contributed by atoms with Crippen molar-refractivity contribution in [2.75, 3.05) is 6.54 Å². The third-order valence-electron chi connectivity index (χ3n) is 3.20. The zero-order valence-corrected chi connectivity index (χ0v) is 10.7. The lowest BCUT2D eigenvalue weighted by molar-refractivity contribution is -0.00439. The fraction of sp³-hybridized carbons (Fsp3) is 0.333. The molecule has 0 saturated carbocycles. The van der Waals surface area contributed by atoms with E-state index in [2.05, 4.69) is 5.32 Å². The van der Waals surface area contributed by atoms with Crippen LogP contribution in [0, 0.1) is 0 Å². The van der Waals surface area contributed by atoms with Crippen LogP contribution in [-0.2, 0) is 0 Å². The molecule has 2 rings (SSSR count). The highest BCUT2D eigenvalue weighted by molar-refractivity contribution is 5.83. The van der Waals surface area contributed by atoms with Crippen LogP contribution in [0.15, 0.2) is 42.5 Å². The van der Waals surface area contributed by atoms with Crippen molar-refractivity contribution in [3.8, 4) is 0 Å². The van der Waals surface area contributed by atoms with Crippen molar-refractivity contribution in [2.24, 2.45) is 0 Å². The largest absolute Gasteiger partial charge is 0.386 e. The van der Waals surface area contributed by atoms with Crippen LogP contribution >= 0.6 is 0 Å². The first-order valence-corrected chi connectivity index (χ1v) is 6.26. The Morgan fingerprint density at radius 2 is 1.79 bits per heavy atom. The summed E-state index contributed by atoms with van der Waals surface area (Å²) >= 11 is 0. The molecule has 0 aliphatic rings. The molecule has 0 heterocycles. The molecule has 2 unspecified atom stereocenters. The van der Waals surface area contributed by atoms with Crippen LogP contribution < -0.4 is 5.32 Å². The molecule has 2 N–H and O–H groups in total. The predicted octanol–water partition coefficient (Wildman–Crippen LogP) is 3.12. The lowest BCUT2D eigenvalue weighted by atomic mass is 10.0. The third kappa shape index (κ3) is 3.49. The lowest BCUT2D eigenvalue weighted by Gasteiger charge is -2.17. The number of aliphatic hydroxyl groups is 1. The van der Waals surface area contributed by atoms with E-state index in [0.717, 1.165) is 16.3 Å². The Bertz CT molecular complexity index is 544. The minimum Gasteiger partial charge on any atom is -0.386 e. The Morgan fingerprint density at radius 1 is 1.11 bits per heavy atom. The van der Waals surface area contributed by atoms with E-state index < -0.39 is 12.5 Å². The number of alkyl halides is 2. The number of benzene rings is 2. The molecule has 0 aliphatic carbocycles. The molecule has 0 radical (unpaired) electrons. The van der Waals surface area contributed by atoms with Crippen molar-refractivity contribution in [3.05, 3.63) is 48.0 Å². The highest BCUT2D eigenvalue weighted by atomic mass is 19.3. The van der Waals surface area contributed by atoms with E-state index >= 15 is 0 Å². The van der Waals surface area contributed by atoms with Gasteiger partial charge in [-0.1, -0.05) is 36.4 Å². The molecule has 0 amide bonds. The van der Waals surface area contributed by atoms with Gasteiger partial charge >= 0.3 is 0 Å². The minimum absolute atomic E-state index is 0.0852. The maximum atomic E-state index is 12.2. The van der Waals surface area contributed by atoms with E-state index in [1.165, 1.54) is 0 Å². The summed E-state index contributed by atoms with van der Waals surface area (Å²) in [5, 5.41) is 14.3. The molecular formula is C15H17F2NO. The molecule has 0 fully saturated rings. The third-order valence-corrected chi connectivity index (χ3v) is 3.20. The second kappa shape index (κ2) is 6.08. The molecule has 0 saturated heterocycles. The second-order valence-electron chi connectivity index (χ2n) is 4.64. The van der Waals surface area contributed by atoms with Gasteiger partial charge in [0.25, 0.3) is 6.43 Å². The summed E-state index contributed by atoms with van der Waals surface area (Å²) in [6.45, 7) is 1.77. The summed E-state index contributed by atoms with van der Waals surface area (Å²) < 4.78 is 24.4. The van der Waals surface area contributed by atoms with Gasteiger partial charge in [-0.3, -0.25) is 0 Å². The number of rotatable bonds is 5. The Kier molecular flexibility index (Phi) is 4.45. The average molecular weight is 265 g/mol. The first kappa shape index (κ1) is 13.9. The van der Waals surface area contributed by atoms with Crippen LogP contribution in [0.4, 0.5) is 8.78 Å². The van der Waals surface area contributed by atoms with Gasteiger partial charge in [0, 0.05) is 12.6 Å². The number of nitrogens with one attached hydrogen (secondary N) is 1. The number of aliphatic hydroxyl groups excluding tert-OH is 1. The first-order chi connectivity index (χ1) is 9.08. The summed E-state index contributed by atoms with van der Waals surface area (Å²) in [4.78, 5) is 0. The lowest BCUT2D eigenvalue weighted by Crippen LogP contribution is -2.33. The van der Waals surface area contributed by atoms with Gasteiger partial charge in [0.2, 0.25) is 0 Å². The topological polar surface area (TPSA) is 32.3 Å². The van der Waals surface area contributed by atoms with Crippen molar-refractivity contribution >= 4 is 10.8 Å². The van der Waals surface area contributed by atoms with Gasteiger partial charge in [-0.25, -0.2) is 8.78 Å². The summed E-state index contributed by atoms with van der Waals surface area (Å²) in [5.74, 6) is 0. The van der Waals surface area contributed by atoms with Crippen molar-refractivity contribution in [1.82, 2.24) is 5.32 Å². The SMILES string of the molecule is CC(NCC(O)C(F)F)c1ccc2ccccc2c1. The molecule has 19 heavy (non-hydrogen) atoms. The zero-order chi connectivity index (χ0) is 13.8. The molecule has 0 bridgehead atoms. The highest BCUT2D eigenvalue weighted by Gasteiger charge is 2.17. The van der Waals surface area contributed by atoms with E-state index in [0.29, 0.717) is 0 Å². The first-order valence-electron chi connectivity index (χ1n) is 6.26. The van der Waals surface area contributed by atoms with E-state index in [9.17, 15) is 8.78 Å². The normalized spacial score (nSPS) is 14.8. The molecule has 2 aromatic carbocycles. The second-order valence-corrected chi connectivity index (χ2v) is 4.64. The van der Waals surface area contributed by atoms with Gasteiger partial charge in [0.1, 0.15) is 6.10 Å². The molecule has 2 atom stereocenters. The van der Waals surface area contributed by atoms with E-state index in [1.54, 1.807) is 0 Å². The molecule has 0 aromatic heterocycles. The van der Waals surface area contributed by atoms with Crippen LogP contribution in [0.25, 0.3) is 10.8 Å². The standard InChI is InChI=1S/C15H17F2NO/c1-10(18-9-14(19)15(16)17)12-7-6-11-4-2-3-5-13(11)8-12/h2-8,10,14-15,18-19H,9H2,1H3. The maximum Gasteiger partial charge on any atom is 0.265 e. The van der Waals surface area contributed by atoms with Gasteiger partial charge in [0.15, 0.2) is 0 Å². The molecular weight excluding hydrogens is 248 g/mol. The van der Waals surface area contributed by atoms with Gasteiger partial charge < -0.3 is 10.4 Å². The maximum absolute atomic E-state index is 12.2. The fourth-order valence-corrected chi connectivity index (χ4v) is 1.98. The molecule has 102 valence electrons. The van der Waals surface area contributed by atoms with Crippen LogP contribution in [-0.4, -0.2) is 24.2 Å². The Morgan fingerprint density at radius 3 is 2.47 bits per heavy atom. The molecule has 0 aliphatic heterocycles. The van der Waals surface area contributed by atoms with Crippen molar-refractivity contribution in [1.29, 1.82) is 0 Å². The summed E-state index contributed by atoms with van der Waals surface area (Å²) in [6, 6.07) is 13.9. The van der Waals surface area contributed by atoms with Crippen LogP contribution in [0.5, 0.6) is 0 Å². The van der Waals surface area contributed by atoms with Gasteiger partial charge in [-0.05, 0) is 29.3 Å². The molecule has 2 aromatic rings. The van der Waals surface area contributed by atoms with Gasteiger partial charge in [-0.15, -0.1) is 0 Å². The Labute approximate surface area is 111 Å². The summed E-state index contributed by atoms with van der Waals surface area (Å²) in [6.07, 6.45) is -4.33. The van der Waals surface area contributed by atoms with E-state index in [-0.39, 0.29) is 12.6 Å². The number of fused-ring (bicyclic) bond motifs is 1. The zero-order valence-electron chi connectivity index (χ0n) is 10.7. The van der Waals surface area contributed by atoms with Crippen molar-refractivity contribution < 1.29 is 13.9 Å². The number of hydrogen-bond acceptors (Lipinski definition) is 2. The molecule has 4 heteroatoms. The van der Waals surface area contributed by atoms with Crippen LogP contribution in [0.2, 0.25) is 0 Å². The van der Waals surface area contributed by atoms with Gasteiger partial charge in [-0.2, -0.15) is 0 Å². The fourth-order valence-electron chi connectivity index (χ4n) is 1.98. The van der Waals surface area contributed by atoms with Crippen molar-refractivity contribution in [3.63, 3.8) is 0 Å². The Balaban J connectivity index is 2.06. The Hall–Kier alpha value is -1.52. The summed E-state index contributed by atoms with van der Waals surface area (Å²) in [5.41, 5.74) is 1.01. The van der Waals surface area contributed by atoms with E-state index in [1.807, 2.05) is 49.4 Å². The van der Waals surface area contributed by atoms with Crippen LogP contribution in [0.1, 0.15) is 18.5 Å². The summed E-state index contributed by atoms with van der Waals surface area (Å²) in [7, 11) is 0. The average Bonchev–Trinajstić information content (AvgIpc) is 2.43. The molecule has 2 nitrogen and oxygen atoms in total. The number of halogens is 2. The highest BCUT2D eigenvalue weighted by Crippen LogP contribution is 2.20. The van der Waals surface area contributed by atoms with E-state index in [4.69, 9.17) is 5.11 Å². The monoisotopic (exact) mass is 265 g/mol. The minimum atomic E-state index is -2.71. The van der Waals surface area contributed by atoms with Crippen LogP contribution in [0.3, 0.4) is 0 Å². The molecule has 0 spiro atoms. The van der Waals surface area contributed by atoms with Gasteiger partial charge in [0.05, 0.1) is 0 Å². The quantitative estimate of drug-likeness (QED) is 0.870. The predicted molar refractivity (Wildman–Crippen MR) is 72.4 cm³/mol. The smallest absolute Gasteiger partial charge is 0.265 e. The van der Waals surface area contributed by atoms with Crippen molar-refractivity contribution in [2.45, 2.75) is 25.5 Å². The number of hydrogen-bond donors (Lipinski definition) is 2.